The van der Waals surface area contributed by atoms with Crippen molar-refractivity contribution in [1.82, 2.24) is 5.32 Å². The minimum absolute atomic E-state index is 0.0900. The summed E-state index contributed by atoms with van der Waals surface area (Å²) >= 11 is 0. The van der Waals surface area contributed by atoms with Gasteiger partial charge in [-0.3, -0.25) is 4.79 Å². The molecule has 0 atom stereocenters. The van der Waals surface area contributed by atoms with Gasteiger partial charge in [0.1, 0.15) is 0 Å². The highest BCUT2D eigenvalue weighted by atomic mass is 16.3. The van der Waals surface area contributed by atoms with E-state index in [2.05, 4.69) is 5.32 Å². The Morgan fingerprint density at radius 2 is 2.00 bits per heavy atom. The van der Waals surface area contributed by atoms with E-state index in [-0.39, 0.29) is 5.91 Å². The molecule has 1 fully saturated rings. The topological polar surface area (TPSA) is 49.3 Å². The maximum atomic E-state index is 12.1. The largest absolute Gasteiger partial charge is 0.388 e. The molecule has 0 heterocycles. The average molecular weight is 247 g/mol. The summed E-state index contributed by atoms with van der Waals surface area (Å²) in [6.07, 6.45) is 3.69. The highest BCUT2D eigenvalue weighted by Crippen LogP contribution is 2.28. The van der Waals surface area contributed by atoms with Crippen LogP contribution in [0, 0.1) is 13.8 Å². The molecule has 0 aliphatic heterocycles. The van der Waals surface area contributed by atoms with Gasteiger partial charge in [-0.25, -0.2) is 0 Å². The van der Waals surface area contributed by atoms with Crippen LogP contribution in [-0.4, -0.2) is 23.2 Å². The fourth-order valence-corrected chi connectivity index (χ4v) is 2.62. The summed E-state index contributed by atoms with van der Waals surface area (Å²) in [5.74, 6) is -0.0900. The Kier molecular flexibility index (Phi) is 3.71. The fraction of sp³-hybridized carbons (Fsp3) is 0.533. The summed E-state index contributed by atoms with van der Waals surface area (Å²) in [7, 11) is 0. The van der Waals surface area contributed by atoms with Gasteiger partial charge in [-0.1, -0.05) is 30.5 Å². The number of aryl methyl sites for hydroxylation is 2. The van der Waals surface area contributed by atoms with E-state index in [1.165, 1.54) is 0 Å². The van der Waals surface area contributed by atoms with E-state index in [1.54, 1.807) is 0 Å². The van der Waals surface area contributed by atoms with Gasteiger partial charge < -0.3 is 10.4 Å². The fourth-order valence-electron chi connectivity index (χ4n) is 2.62. The average Bonchev–Trinajstić information content (AvgIpc) is 2.74. The predicted molar refractivity (Wildman–Crippen MR) is 71.7 cm³/mol. The lowest BCUT2D eigenvalue weighted by molar-refractivity contribution is 0.0449. The van der Waals surface area contributed by atoms with Crippen LogP contribution in [0.1, 0.15) is 47.2 Å². The van der Waals surface area contributed by atoms with Gasteiger partial charge in [0.05, 0.1) is 5.60 Å². The molecule has 0 spiro atoms. The van der Waals surface area contributed by atoms with E-state index in [9.17, 15) is 9.90 Å². The van der Waals surface area contributed by atoms with Gasteiger partial charge >= 0.3 is 0 Å². The summed E-state index contributed by atoms with van der Waals surface area (Å²) in [6.45, 7) is 4.31. The van der Waals surface area contributed by atoms with Crippen molar-refractivity contribution in [2.75, 3.05) is 6.54 Å². The molecule has 1 aromatic carbocycles. The van der Waals surface area contributed by atoms with Gasteiger partial charge in [0.2, 0.25) is 0 Å². The molecule has 0 saturated heterocycles. The first-order valence-electron chi connectivity index (χ1n) is 6.58. The molecule has 3 nitrogen and oxygen atoms in total. The van der Waals surface area contributed by atoms with Crippen LogP contribution in [0.25, 0.3) is 0 Å². The van der Waals surface area contributed by atoms with Crippen LogP contribution in [0.4, 0.5) is 0 Å². The molecule has 1 aromatic rings. The first-order chi connectivity index (χ1) is 8.50. The second-order valence-corrected chi connectivity index (χ2v) is 5.43. The van der Waals surface area contributed by atoms with Crippen molar-refractivity contribution in [3.05, 3.63) is 34.9 Å². The summed E-state index contributed by atoms with van der Waals surface area (Å²) in [5.41, 5.74) is 2.14. The SMILES string of the molecule is Cc1ccc(C(=O)NCC2(O)CCCC2)c(C)c1. The van der Waals surface area contributed by atoms with Crippen LogP contribution in [0.3, 0.4) is 0 Å². The second-order valence-electron chi connectivity index (χ2n) is 5.43. The molecule has 2 rings (SSSR count). The molecule has 3 heteroatoms. The highest BCUT2D eigenvalue weighted by molar-refractivity contribution is 5.95. The first-order valence-corrected chi connectivity index (χ1v) is 6.58. The standard InChI is InChI=1S/C15H21NO2/c1-11-5-6-13(12(2)9-11)14(17)16-10-15(18)7-3-4-8-15/h5-6,9,18H,3-4,7-8,10H2,1-2H3,(H,16,17). The molecule has 0 radical (unpaired) electrons. The Bertz CT molecular complexity index is 448. The smallest absolute Gasteiger partial charge is 0.251 e. The number of carbonyl (C=O) groups is 1. The maximum absolute atomic E-state index is 12.1. The molecule has 1 aliphatic rings. The van der Waals surface area contributed by atoms with Crippen LogP contribution < -0.4 is 5.32 Å². The second kappa shape index (κ2) is 5.11. The quantitative estimate of drug-likeness (QED) is 0.861. The highest BCUT2D eigenvalue weighted by Gasteiger charge is 2.31. The molecule has 18 heavy (non-hydrogen) atoms. The molecule has 1 aliphatic carbocycles. The third-order valence-electron chi connectivity index (χ3n) is 3.74. The van der Waals surface area contributed by atoms with Gasteiger partial charge in [0.25, 0.3) is 5.91 Å². The van der Waals surface area contributed by atoms with Crippen molar-refractivity contribution in [2.24, 2.45) is 0 Å². The van der Waals surface area contributed by atoms with Crippen molar-refractivity contribution in [3.8, 4) is 0 Å². The normalized spacial score (nSPS) is 17.7. The van der Waals surface area contributed by atoms with Crippen molar-refractivity contribution in [1.29, 1.82) is 0 Å². The number of amides is 1. The van der Waals surface area contributed by atoms with E-state index in [4.69, 9.17) is 0 Å². The van der Waals surface area contributed by atoms with Gasteiger partial charge in [-0.15, -0.1) is 0 Å². The van der Waals surface area contributed by atoms with Gasteiger partial charge in [0, 0.05) is 12.1 Å². The third kappa shape index (κ3) is 2.91. The number of benzene rings is 1. The van der Waals surface area contributed by atoms with Crippen molar-refractivity contribution >= 4 is 5.91 Å². The van der Waals surface area contributed by atoms with E-state index in [1.807, 2.05) is 32.0 Å². The predicted octanol–water partition coefficient (Wildman–Crippen LogP) is 2.34. The van der Waals surface area contributed by atoms with Crippen molar-refractivity contribution in [2.45, 2.75) is 45.1 Å². The molecule has 98 valence electrons. The van der Waals surface area contributed by atoms with E-state index < -0.39 is 5.60 Å². The summed E-state index contributed by atoms with van der Waals surface area (Å²) in [4.78, 5) is 12.1. The number of hydrogen-bond donors (Lipinski definition) is 2. The summed E-state index contributed by atoms with van der Waals surface area (Å²) in [5, 5.41) is 13.0. The van der Waals surface area contributed by atoms with Gasteiger partial charge in [-0.05, 0) is 38.3 Å². The van der Waals surface area contributed by atoms with Crippen LogP contribution in [-0.2, 0) is 0 Å². The Labute approximate surface area is 108 Å². The number of rotatable bonds is 3. The Balaban J connectivity index is 1.99. The first kappa shape index (κ1) is 13.1. The molecule has 1 saturated carbocycles. The Morgan fingerprint density at radius 3 is 2.61 bits per heavy atom. The zero-order valence-corrected chi connectivity index (χ0v) is 11.1. The summed E-state index contributed by atoms with van der Waals surface area (Å²) in [6, 6.07) is 5.78. The summed E-state index contributed by atoms with van der Waals surface area (Å²) < 4.78 is 0. The molecular weight excluding hydrogens is 226 g/mol. The van der Waals surface area contributed by atoms with E-state index in [0.717, 1.165) is 36.8 Å². The molecule has 0 bridgehead atoms. The lowest BCUT2D eigenvalue weighted by Gasteiger charge is -2.22. The molecular formula is C15H21NO2. The van der Waals surface area contributed by atoms with Crippen LogP contribution >= 0.6 is 0 Å². The lowest BCUT2D eigenvalue weighted by Crippen LogP contribution is -2.40. The van der Waals surface area contributed by atoms with E-state index >= 15 is 0 Å². The number of hydrogen-bond acceptors (Lipinski definition) is 2. The number of carbonyl (C=O) groups excluding carboxylic acids is 1. The van der Waals surface area contributed by atoms with Gasteiger partial charge in [-0.2, -0.15) is 0 Å². The van der Waals surface area contributed by atoms with Crippen molar-refractivity contribution < 1.29 is 9.90 Å². The zero-order chi connectivity index (χ0) is 13.2. The third-order valence-corrected chi connectivity index (χ3v) is 3.74. The molecule has 0 aromatic heterocycles. The molecule has 0 unspecified atom stereocenters. The van der Waals surface area contributed by atoms with Crippen LogP contribution in [0.15, 0.2) is 18.2 Å². The molecule has 1 amide bonds. The lowest BCUT2D eigenvalue weighted by atomic mass is 10.0. The monoisotopic (exact) mass is 247 g/mol. The minimum atomic E-state index is -0.686. The zero-order valence-electron chi connectivity index (χ0n) is 11.1. The Morgan fingerprint density at radius 1 is 1.33 bits per heavy atom. The maximum Gasteiger partial charge on any atom is 0.251 e. The Hall–Kier alpha value is -1.35. The number of nitrogens with one attached hydrogen (secondary N) is 1. The minimum Gasteiger partial charge on any atom is -0.388 e. The van der Waals surface area contributed by atoms with E-state index in [0.29, 0.717) is 12.1 Å². The van der Waals surface area contributed by atoms with Crippen LogP contribution in [0.5, 0.6) is 0 Å². The van der Waals surface area contributed by atoms with Gasteiger partial charge in [0.15, 0.2) is 0 Å². The van der Waals surface area contributed by atoms with Crippen LogP contribution in [0.2, 0.25) is 0 Å². The molecule has 2 N–H and O–H groups in total. The number of aliphatic hydroxyl groups is 1. The van der Waals surface area contributed by atoms with Crippen molar-refractivity contribution in [3.63, 3.8) is 0 Å².